The summed E-state index contributed by atoms with van der Waals surface area (Å²) >= 11 is 0. The molecule has 0 aliphatic carbocycles. The Hall–Kier alpha value is -0.970. The smallest absolute Gasteiger partial charge is 0.123 e. The van der Waals surface area contributed by atoms with E-state index in [-0.39, 0.29) is 18.0 Å². The second-order valence-electron chi connectivity index (χ2n) is 4.67. The lowest BCUT2D eigenvalue weighted by Gasteiger charge is -2.33. The van der Waals surface area contributed by atoms with Gasteiger partial charge in [-0.05, 0) is 31.2 Å². The Morgan fingerprint density at radius 1 is 1.59 bits per heavy atom. The number of benzene rings is 1. The van der Waals surface area contributed by atoms with Crippen LogP contribution in [0.25, 0.3) is 0 Å². The zero-order chi connectivity index (χ0) is 12.3. The molecular formula is C13H19FN2O. The third-order valence-electron chi connectivity index (χ3n) is 3.13. The van der Waals surface area contributed by atoms with E-state index in [1.54, 1.807) is 6.07 Å². The van der Waals surface area contributed by atoms with Crippen molar-refractivity contribution in [2.75, 3.05) is 26.7 Å². The largest absolute Gasteiger partial charge is 0.374 e. The van der Waals surface area contributed by atoms with Gasteiger partial charge < -0.3 is 15.4 Å². The van der Waals surface area contributed by atoms with Crippen LogP contribution in [-0.4, -0.2) is 43.8 Å². The van der Waals surface area contributed by atoms with Gasteiger partial charge in [0.25, 0.3) is 0 Å². The average molecular weight is 238 g/mol. The molecule has 1 aliphatic rings. The number of likely N-dealkylation sites (N-methyl/N-ethyl adjacent to an activating group) is 1. The molecule has 1 aliphatic heterocycles. The summed E-state index contributed by atoms with van der Waals surface area (Å²) in [5, 5.41) is 0. The molecular weight excluding hydrogens is 219 g/mol. The minimum atomic E-state index is -0.212. The predicted molar refractivity (Wildman–Crippen MR) is 65.3 cm³/mol. The van der Waals surface area contributed by atoms with Gasteiger partial charge in [-0.25, -0.2) is 4.39 Å². The van der Waals surface area contributed by atoms with Crippen LogP contribution >= 0.6 is 0 Å². The number of morpholine rings is 1. The van der Waals surface area contributed by atoms with E-state index in [4.69, 9.17) is 10.5 Å². The molecule has 2 atom stereocenters. The van der Waals surface area contributed by atoms with E-state index >= 15 is 0 Å². The number of halogens is 1. The van der Waals surface area contributed by atoms with Gasteiger partial charge in [0.15, 0.2) is 0 Å². The lowest BCUT2D eigenvalue weighted by molar-refractivity contribution is -0.0319. The number of ether oxygens (including phenoxy) is 1. The molecule has 2 rings (SSSR count). The van der Waals surface area contributed by atoms with Gasteiger partial charge in [0.05, 0.1) is 12.7 Å². The van der Waals surface area contributed by atoms with Crippen molar-refractivity contribution in [3.05, 3.63) is 35.6 Å². The third-order valence-corrected chi connectivity index (χ3v) is 3.13. The molecule has 17 heavy (non-hydrogen) atoms. The summed E-state index contributed by atoms with van der Waals surface area (Å²) in [6.45, 7) is 2.51. The van der Waals surface area contributed by atoms with E-state index in [9.17, 15) is 4.39 Å². The minimum Gasteiger partial charge on any atom is -0.374 e. The molecule has 0 spiro atoms. The van der Waals surface area contributed by atoms with Crippen LogP contribution in [0.1, 0.15) is 5.56 Å². The highest BCUT2D eigenvalue weighted by atomic mass is 19.1. The van der Waals surface area contributed by atoms with Crippen molar-refractivity contribution in [3.8, 4) is 0 Å². The normalized spacial score (nSPS) is 23.6. The van der Waals surface area contributed by atoms with Crippen LogP contribution in [-0.2, 0) is 11.2 Å². The van der Waals surface area contributed by atoms with Crippen molar-refractivity contribution in [2.24, 2.45) is 5.73 Å². The van der Waals surface area contributed by atoms with Crippen molar-refractivity contribution in [1.29, 1.82) is 0 Å². The standard InChI is InChI=1S/C13H19FN2O/c1-16-5-6-17-13(9-16)12(15)8-10-3-2-4-11(14)7-10/h2-4,7,12-13H,5-6,8-9,15H2,1H3. The summed E-state index contributed by atoms with van der Waals surface area (Å²) in [7, 11) is 2.06. The van der Waals surface area contributed by atoms with E-state index in [0.29, 0.717) is 6.42 Å². The first-order valence-electron chi connectivity index (χ1n) is 5.95. The Kier molecular flexibility index (Phi) is 4.10. The summed E-state index contributed by atoms with van der Waals surface area (Å²) < 4.78 is 18.7. The molecule has 1 fully saturated rings. The fourth-order valence-corrected chi connectivity index (χ4v) is 2.14. The number of hydrogen-bond acceptors (Lipinski definition) is 3. The number of nitrogens with zero attached hydrogens (tertiary/aromatic N) is 1. The molecule has 1 aromatic carbocycles. The highest BCUT2D eigenvalue weighted by Crippen LogP contribution is 2.12. The molecule has 0 amide bonds. The third kappa shape index (κ3) is 3.49. The van der Waals surface area contributed by atoms with Crippen molar-refractivity contribution in [2.45, 2.75) is 18.6 Å². The van der Waals surface area contributed by atoms with Gasteiger partial charge in [0.2, 0.25) is 0 Å². The van der Waals surface area contributed by atoms with Gasteiger partial charge in [-0.2, -0.15) is 0 Å². The van der Waals surface area contributed by atoms with Crippen LogP contribution in [0.5, 0.6) is 0 Å². The molecule has 0 bridgehead atoms. The van der Waals surface area contributed by atoms with Gasteiger partial charge in [-0.3, -0.25) is 0 Å². The lowest BCUT2D eigenvalue weighted by atomic mass is 10.0. The molecule has 1 saturated heterocycles. The first-order chi connectivity index (χ1) is 8.15. The summed E-state index contributed by atoms with van der Waals surface area (Å²) in [5.74, 6) is -0.212. The van der Waals surface area contributed by atoms with Crippen molar-refractivity contribution in [1.82, 2.24) is 4.90 Å². The number of hydrogen-bond donors (Lipinski definition) is 1. The zero-order valence-electron chi connectivity index (χ0n) is 10.1. The van der Waals surface area contributed by atoms with Crippen LogP contribution in [0.3, 0.4) is 0 Å². The highest BCUT2D eigenvalue weighted by Gasteiger charge is 2.24. The Balaban J connectivity index is 1.94. The Bertz CT molecular complexity index is 372. The second kappa shape index (κ2) is 5.58. The molecule has 0 aromatic heterocycles. The minimum absolute atomic E-state index is 0.0389. The van der Waals surface area contributed by atoms with E-state index in [1.807, 2.05) is 6.07 Å². The Labute approximate surface area is 101 Å². The van der Waals surface area contributed by atoms with Gasteiger partial charge in [-0.1, -0.05) is 12.1 Å². The molecule has 3 nitrogen and oxygen atoms in total. The molecule has 2 N–H and O–H groups in total. The first-order valence-corrected chi connectivity index (χ1v) is 5.95. The van der Waals surface area contributed by atoms with E-state index in [0.717, 1.165) is 25.3 Å². The fraction of sp³-hybridized carbons (Fsp3) is 0.538. The molecule has 0 radical (unpaired) electrons. The van der Waals surface area contributed by atoms with Crippen molar-refractivity contribution < 1.29 is 9.13 Å². The summed E-state index contributed by atoms with van der Waals surface area (Å²) in [6.07, 6.45) is 0.688. The molecule has 2 unspecified atom stereocenters. The van der Waals surface area contributed by atoms with E-state index < -0.39 is 0 Å². The topological polar surface area (TPSA) is 38.5 Å². The van der Waals surface area contributed by atoms with Crippen LogP contribution < -0.4 is 5.73 Å². The average Bonchev–Trinajstić information content (AvgIpc) is 2.29. The predicted octanol–water partition coefficient (Wildman–Crippen LogP) is 1.03. The molecule has 1 aromatic rings. The summed E-state index contributed by atoms with van der Waals surface area (Å²) in [6, 6.07) is 6.51. The summed E-state index contributed by atoms with van der Waals surface area (Å²) in [4.78, 5) is 2.21. The van der Waals surface area contributed by atoms with Crippen LogP contribution in [0.4, 0.5) is 4.39 Å². The monoisotopic (exact) mass is 238 g/mol. The maximum absolute atomic E-state index is 13.0. The Morgan fingerprint density at radius 2 is 2.41 bits per heavy atom. The Morgan fingerprint density at radius 3 is 3.12 bits per heavy atom. The van der Waals surface area contributed by atoms with Crippen LogP contribution in [0.15, 0.2) is 24.3 Å². The molecule has 4 heteroatoms. The van der Waals surface area contributed by atoms with Crippen molar-refractivity contribution in [3.63, 3.8) is 0 Å². The number of rotatable bonds is 3. The van der Waals surface area contributed by atoms with E-state index in [1.165, 1.54) is 12.1 Å². The maximum atomic E-state index is 13.0. The second-order valence-corrected chi connectivity index (χ2v) is 4.67. The quantitative estimate of drug-likeness (QED) is 0.854. The molecule has 94 valence electrons. The first kappa shape index (κ1) is 12.5. The maximum Gasteiger partial charge on any atom is 0.123 e. The van der Waals surface area contributed by atoms with Crippen LogP contribution in [0.2, 0.25) is 0 Å². The molecule has 0 saturated carbocycles. The van der Waals surface area contributed by atoms with Crippen LogP contribution in [0, 0.1) is 5.82 Å². The van der Waals surface area contributed by atoms with E-state index in [2.05, 4.69) is 11.9 Å². The fourth-order valence-electron chi connectivity index (χ4n) is 2.14. The van der Waals surface area contributed by atoms with Crippen molar-refractivity contribution >= 4 is 0 Å². The van der Waals surface area contributed by atoms with Gasteiger partial charge in [-0.15, -0.1) is 0 Å². The number of nitrogens with two attached hydrogens (primary N) is 1. The van der Waals surface area contributed by atoms with Gasteiger partial charge >= 0.3 is 0 Å². The lowest BCUT2D eigenvalue weighted by Crippen LogP contribution is -2.50. The zero-order valence-corrected chi connectivity index (χ0v) is 10.1. The summed E-state index contributed by atoms with van der Waals surface area (Å²) in [5.41, 5.74) is 7.04. The van der Waals surface area contributed by atoms with Gasteiger partial charge in [0.1, 0.15) is 5.82 Å². The SMILES string of the molecule is CN1CCOC(C(N)Cc2cccc(F)c2)C1. The van der Waals surface area contributed by atoms with Gasteiger partial charge in [0, 0.05) is 19.1 Å². The highest BCUT2D eigenvalue weighted by molar-refractivity contribution is 5.17. The molecule has 1 heterocycles.